The van der Waals surface area contributed by atoms with Crippen molar-refractivity contribution < 1.29 is 23.0 Å². The molecular formula is C14H15F3O2S. The quantitative estimate of drug-likeness (QED) is 0.855. The van der Waals surface area contributed by atoms with E-state index in [1.807, 2.05) is 6.92 Å². The highest BCUT2D eigenvalue weighted by Crippen LogP contribution is 2.58. The normalized spacial score (nSPS) is 29.1. The van der Waals surface area contributed by atoms with E-state index in [4.69, 9.17) is 4.74 Å². The largest absolute Gasteiger partial charge is 0.487 e. The van der Waals surface area contributed by atoms with Crippen LogP contribution in [0.25, 0.3) is 0 Å². The molecule has 0 bridgehead atoms. The Labute approximate surface area is 119 Å². The zero-order chi connectivity index (χ0) is 14.7. The van der Waals surface area contributed by atoms with Crippen molar-refractivity contribution in [1.29, 1.82) is 0 Å². The second kappa shape index (κ2) is 4.31. The number of ether oxygens (including phenoxy) is 1. The van der Waals surface area contributed by atoms with Crippen molar-refractivity contribution in [3.8, 4) is 5.75 Å². The van der Waals surface area contributed by atoms with Crippen LogP contribution >= 0.6 is 11.8 Å². The molecule has 0 radical (unpaired) electrons. The zero-order valence-corrected chi connectivity index (χ0v) is 11.9. The van der Waals surface area contributed by atoms with Crippen LogP contribution < -0.4 is 4.74 Å². The minimum absolute atomic E-state index is 0.0308. The summed E-state index contributed by atoms with van der Waals surface area (Å²) in [5, 5.41) is 9.77. The lowest BCUT2D eigenvalue weighted by atomic mass is 10.1. The van der Waals surface area contributed by atoms with Gasteiger partial charge in [0, 0.05) is 16.0 Å². The van der Waals surface area contributed by atoms with Gasteiger partial charge in [-0.05, 0) is 38.2 Å². The molecule has 0 aromatic heterocycles. The summed E-state index contributed by atoms with van der Waals surface area (Å²) in [6.07, 6.45) is -1.30. The van der Waals surface area contributed by atoms with Crippen LogP contribution in [0.15, 0.2) is 17.0 Å². The van der Waals surface area contributed by atoms with Crippen LogP contribution in [0.1, 0.15) is 43.2 Å². The van der Waals surface area contributed by atoms with Crippen molar-refractivity contribution in [3.05, 3.63) is 23.3 Å². The smallest absolute Gasteiger partial charge is 0.312 e. The van der Waals surface area contributed by atoms with Gasteiger partial charge in [0.1, 0.15) is 17.5 Å². The first-order chi connectivity index (χ1) is 9.30. The minimum atomic E-state index is -3.81. The summed E-state index contributed by atoms with van der Waals surface area (Å²) in [5.41, 5.74) is -0.615. The van der Waals surface area contributed by atoms with E-state index in [2.05, 4.69) is 0 Å². The second-order valence-electron chi connectivity index (χ2n) is 5.58. The molecule has 0 heterocycles. The summed E-state index contributed by atoms with van der Waals surface area (Å²) in [5.74, 6) is -3.68. The van der Waals surface area contributed by atoms with Gasteiger partial charge in [-0.2, -0.15) is 8.78 Å². The summed E-state index contributed by atoms with van der Waals surface area (Å²) in [4.78, 5) is 0.459. The Morgan fingerprint density at radius 1 is 1.30 bits per heavy atom. The lowest BCUT2D eigenvalue weighted by Crippen LogP contribution is -2.24. The molecule has 1 N–H and O–H groups in total. The van der Waals surface area contributed by atoms with Gasteiger partial charge in [0.15, 0.2) is 6.17 Å². The van der Waals surface area contributed by atoms with Gasteiger partial charge >= 0.3 is 5.92 Å². The first-order valence-corrected chi connectivity index (χ1v) is 7.62. The van der Waals surface area contributed by atoms with E-state index >= 15 is 0 Å². The topological polar surface area (TPSA) is 29.5 Å². The van der Waals surface area contributed by atoms with Crippen LogP contribution in [0.2, 0.25) is 0 Å². The number of fused-ring (bicyclic) bond motifs is 1. The van der Waals surface area contributed by atoms with Gasteiger partial charge in [0.2, 0.25) is 0 Å². The molecule has 1 aromatic rings. The standard InChI is InChI=1S/C14H15F3O2S/c1-13(5-6-13)19-7-3-4-8(20-2)10-9(7)11(15)14(16,17)12(10)18/h3-4,11-12,18H,5-6H2,1-2H3/t11-,12+/m1/s1. The van der Waals surface area contributed by atoms with E-state index in [-0.39, 0.29) is 16.9 Å². The van der Waals surface area contributed by atoms with E-state index < -0.39 is 23.8 Å². The Morgan fingerprint density at radius 2 is 1.95 bits per heavy atom. The summed E-state index contributed by atoms with van der Waals surface area (Å²) in [7, 11) is 0. The molecule has 0 unspecified atom stereocenters. The molecule has 1 saturated carbocycles. The first-order valence-electron chi connectivity index (χ1n) is 6.40. The lowest BCUT2D eigenvalue weighted by molar-refractivity contribution is -0.144. The molecule has 1 aromatic carbocycles. The predicted octanol–water partition coefficient (Wildman–Crippen LogP) is 4.03. The Bertz CT molecular complexity index is 558. The van der Waals surface area contributed by atoms with Crippen LogP contribution in [-0.2, 0) is 0 Å². The van der Waals surface area contributed by atoms with Crippen LogP contribution in [0.3, 0.4) is 0 Å². The molecule has 2 nitrogen and oxygen atoms in total. The highest BCUT2D eigenvalue weighted by atomic mass is 32.2. The number of rotatable bonds is 3. The van der Waals surface area contributed by atoms with Crippen molar-refractivity contribution in [2.45, 2.75) is 48.5 Å². The van der Waals surface area contributed by atoms with Crippen LogP contribution in [-0.4, -0.2) is 22.9 Å². The van der Waals surface area contributed by atoms with Crippen molar-refractivity contribution in [2.24, 2.45) is 0 Å². The van der Waals surface area contributed by atoms with Gasteiger partial charge in [0.25, 0.3) is 0 Å². The van der Waals surface area contributed by atoms with Crippen molar-refractivity contribution >= 4 is 11.8 Å². The van der Waals surface area contributed by atoms with Crippen molar-refractivity contribution in [2.75, 3.05) is 6.26 Å². The molecule has 0 saturated heterocycles. The maximum absolute atomic E-state index is 14.1. The SMILES string of the molecule is CSc1ccc(OC2(C)CC2)c2c1[C@H](O)C(F)(F)[C@@H]2F. The molecule has 0 aliphatic heterocycles. The maximum Gasteiger partial charge on any atom is 0.312 e. The number of benzene rings is 1. The fourth-order valence-electron chi connectivity index (χ4n) is 2.47. The Kier molecular flexibility index (Phi) is 3.03. The van der Waals surface area contributed by atoms with E-state index in [9.17, 15) is 18.3 Å². The monoisotopic (exact) mass is 304 g/mol. The van der Waals surface area contributed by atoms with E-state index in [1.165, 1.54) is 17.8 Å². The fourth-order valence-corrected chi connectivity index (χ4v) is 3.12. The van der Waals surface area contributed by atoms with E-state index in [0.717, 1.165) is 12.8 Å². The molecule has 2 aliphatic carbocycles. The highest BCUT2D eigenvalue weighted by Gasteiger charge is 2.58. The molecule has 110 valence electrons. The fraction of sp³-hybridized carbons (Fsp3) is 0.571. The summed E-state index contributed by atoms with van der Waals surface area (Å²) in [6, 6.07) is 3.12. The molecule has 0 amide bonds. The average molecular weight is 304 g/mol. The number of thioether (sulfide) groups is 1. The Morgan fingerprint density at radius 3 is 2.50 bits per heavy atom. The summed E-state index contributed by atoms with van der Waals surface area (Å²) < 4.78 is 47.3. The summed E-state index contributed by atoms with van der Waals surface area (Å²) in [6.45, 7) is 1.86. The van der Waals surface area contributed by atoms with Gasteiger partial charge in [0.05, 0.1) is 0 Å². The van der Waals surface area contributed by atoms with Crippen molar-refractivity contribution in [3.63, 3.8) is 0 Å². The third kappa shape index (κ3) is 1.92. The highest BCUT2D eigenvalue weighted by molar-refractivity contribution is 7.98. The number of alkyl halides is 3. The van der Waals surface area contributed by atoms with E-state index in [0.29, 0.717) is 4.90 Å². The average Bonchev–Trinajstić information content (AvgIpc) is 3.09. The molecule has 0 spiro atoms. The predicted molar refractivity (Wildman–Crippen MR) is 70.2 cm³/mol. The number of hydrogen-bond acceptors (Lipinski definition) is 3. The molecular weight excluding hydrogens is 289 g/mol. The zero-order valence-electron chi connectivity index (χ0n) is 11.1. The Balaban J connectivity index is 2.13. The lowest BCUT2D eigenvalue weighted by Gasteiger charge is -2.18. The van der Waals surface area contributed by atoms with Crippen LogP contribution in [0.5, 0.6) is 5.75 Å². The van der Waals surface area contributed by atoms with Crippen molar-refractivity contribution in [1.82, 2.24) is 0 Å². The number of aliphatic hydroxyl groups excluding tert-OH is 1. The molecule has 1 fully saturated rings. The summed E-state index contributed by atoms with van der Waals surface area (Å²) >= 11 is 1.21. The molecule has 6 heteroatoms. The number of halogens is 3. The maximum atomic E-state index is 14.1. The van der Waals surface area contributed by atoms with Gasteiger partial charge < -0.3 is 9.84 Å². The number of aliphatic hydroxyl groups is 1. The van der Waals surface area contributed by atoms with Gasteiger partial charge in [-0.15, -0.1) is 11.8 Å². The number of hydrogen-bond donors (Lipinski definition) is 1. The Hall–Kier alpha value is -0.880. The molecule has 3 rings (SSSR count). The third-order valence-electron chi connectivity index (χ3n) is 3.97. The van der Waals surface area contributed by atoms with Gasteiger partial charge in [-0.3, -0.25) is 0 Å². The molecule has 2 atom stereocenters. The van der Waals surface area contributed by atoms with Crippen LogP contribution in [0, 0.1) is 0 Å². The molecule has 20 heavy (non-hydrogen) atoms. The molecule has 2 aliphatic rings. The first kappa shape index (κ1) is 14.1. The van der Waals surface area contributed by atoms with Crippen LogP contribution in [0.4, 0.5) is 13.2 Å². The minimum Gasteiger partial charge on any atom is -0.487 e. The van der Waals surface area contributed by atoms with E-state index in [1.54, 1.807) is 12.3 Å². The van der Waals surface area contributed by atoms with Gasteiger partial charge in [-0.25, -0.2) is 4.39 Å². The van der Waals surface area contributed by atoms with Gasteiger partial charge in [-0.1, -0.05) is 0 Å². The second-order valence-corrected chi connectivity index (χ2v) is 6.43. The third-order valence-corrected chi connectivity index (χ3v) is 4.76.